The maximum atomic E-state index is 6.01. The van der Waals surface area contributed by atoms with Crippen LogP contribution in [0.1, 0.15) is 60.3 Å². The van der Waals surface area contributed by atoms with Crippen LogP contribution in [0.3, 0.4) is 0 Å². The van der Waals surface area contributed by atoms with Gasteiger partial charge in [0.2, 0.25) is 0 Å². The van der Waals surface area contributed by atoms with Crippen LogP contribution >= 0.6 is 24.0 Å². The molecule has 0 aromatic carbocycles. The fourth-order valence-corrected chi connectivity index (χ4v) is 4.64. The third kappa shape index (κ3) is 9.17. The van der Waals surface area contributed by atoms with E-state index in [1.54, 1.807) is 7.11 Å². The molecular formula is C23H47IN4O2. The van der Waals surface area contributed by atoms with Crippen molar-refractivity contribution in [2.45, 2.75) is 71.9 Å². The maximum Gasteiger partial charge on any atom is 0.193 e. The van der Waals surface area contributed by atoms with Gasteiger partial charge in [0, 0.05) is 58.6 Å². The number of piperidine rings is 2. The van der Waals surface area contributed by atoms with Gasteiger partial charge in [-0.2, -0.15) is 0 Å². The quantitative estimate of drug-likeness (QED) is 0.209. The second-order valence-corrected chi connectivity index (χ2v) is 9.74. The molecule has 2 unspecified atom stereocenters. The average Bonchev–Trinajstić information content (AvgIpc) is 2.68. The number of ether oxygens (including phenoxy) is 2. The van der Waals surface area contributed by atoms with Crippen molar-refractivity contribution < 1.29 is 9.47 Å². The lowest BCUT2D eigenvalue weighted by atomic mass is 9.88. The van der Waals surface area contributed by atoms with E-state index < -0.39 is 0 Å². The molecular weight excluding hydrogens is 491 g/mol. The molecule has 7 heteroatoms. The minimum absolute atomic E-state index is 0. The normalized spacial score (nSPS) is 24.6. The zero-order valence-electron chi connectivity index (χ0n) is 20.3. The van der Waals surface area contributed by atoms with E-state index >= 15 is 0 Å². The standard InChI is InChI=1S/C23H46N4O2.HI/c1-7-24-22(26-11-9-21(10-12-26)29-14-8-13-28-6)25-18-23(4,5)27-16-19(2)15-20(3)17-27;/h19-21H,7-18H2,1-6H3,(H,24,25);1H. The van der Waals surface area contributed by atoms with Gasteiger partial charge in [-0.1, -0.05) is 13.8 Å². The van der Waals surface area contributed by atoms with E-state index in [2.05, 4.69) is 49.7 Å². The summed E-state index contributed by atoms with van der Waals surface area (Å²) >= 11 is 0. The molecule has 2 rings (SSSR count). The first kappa shape index (κ1) is 27.9. The Labute approximate surface area is 202 Å². The molecule has 0 aromatic heterocycles. The lowest BCUT2D eigenvalue weighted by Gasteiger charge is -2.44. The van der Waals surface area contributed by atoms with E-state index in [1.165, 1.54) is 19.5 Å². The number of guanidine groups is 1. The predicted octanol–water partition coefficient (Wildman–Crippen LogP) is 3.84. The molecule has 0 radical (unpaired) electrons. The van der Waals surface area contributed by atoms with Crippen molar-refractivity contribution in [2.24, 2.45) is 16.8 Å². The highest BCUT2D eigenvalue weighted by molar-refractivity contribution is 14.0. The highest BCUT2D eigenvalue weighted by atomic mass is 127. The van der Waals surface area contributed by atoms with Crippen LogP contribution in [0, 0.1) is 11.8 Å². The highest BCUT2D eigenvalue weighted by Crippen LogP contribution is 2.27. The number of likely N-dealkylation sites (tertiary alicyclic amines) is 2. The summed E-state index contributed by atoms with van der Waals surface area (Å²) in [6.45, 7) is 19.3. The summed E-state index contributed by atoms with van der Waals surface area (Å²) in [4.78, 5) is 10.1. The summed E-state index contributed by atoms with van der Waals surface area (Å²) in [5.74, 6) is 2.62. The van der Waals surface area contributed by atoms with Gasteiger partial charge in [-0.25, -0.2) is 0 Å². The molecule has 0 aliphatic carbocycles. The van der Waals surface area contributed by atoms with Crippen molar-refractivity contribution in [1.82, 2.24) is 15.1 Å². The zero-order valence-corrected chi connectivity index (χ0v) is 22.6. The smallest absolute Gasteiger partial charge is 0.193 e. The summed E-state index contributed by atoms with van der Waals surface area (Å²) in [5, 5.41) is 3.52. The van der Waals surface area contributed by atoms with Gasteiger partial charge >= 0.3 is 0 Å². The number of nitrogens with zero attached hydrogens (tertiary/aromatic N) is 3. The van der Waals surface area contributed by atoms with Gasteiger partial charge in [0.1, 0.15) is 0 Å². The molecule has 1 N–H and O–H groups in total. The van der Waals surface area contributed by atoms with E-state index in [1.807, 2.05) is 0 Å². The maximum absolute atomic E-state index is 6.01. The molecule has 2 aliphatic rings. The van der Waals surface area contributed by atoms with Crippen LogP contribution < -0.4 is 5.32 Å². The number of rotatable bonds is 9. The fraction of sp³-hybridized carbons (Fsp3) is 0.957. The molecule has 2 heterocycles. The first-order valence-electron chi connectivity index (χ1n) is 11.7. The Kier molecular flexibility index (Phi) is 13.1. The van der Waals surface area contributed by atoms with Gasteiger partial charge in [0.25, 0.3) is 0 Å². The predicted molar refractivity (Wildman–Crippen MR) is 137 cm³/mol. The van der Waals surface area contributed by atoms with Crippen LogP contribution in [0.25, 0.3) is 0 Å². The lowest BCUT2D eigenvalue weighted by molar-refractivity contribution is 0.00977. The monoisotopic (exact) mass is 538 g/mol. The Morgan fingerprint density at radius 3 is 2.30 bits per heavy atom. The van der Waals surface area contributed by atoms with Crippen molar-refractivity contribution in [1.29, 1.82) is 0 Å². The molecule has 6 nitrogen and oxygen atoms in total. The second kappa shape index (κ2) is 14.1. The number of halogens is 1. The third-order valence-corrected chi connectivity index (χ3v) is 6.26. The van der Waals surface area contributed by atoms with Crippen LogP contribution in [-0.4, -0.2) is 87.0 Å². The Morgan fingerprint density at radius 1 is 1.10 bits per heavy atom. The SMILES string of the molecule is CCNC(=NCC(C)(C)N1CC(C)CC(C)C1)N1CCC(OCCCOC)CC1.I. The molecule has 0 spiro atoms. The van der Waals surface area contributed by atoms with Crippen LogP contribution in [0.15, 0.2) is 4.99 Å². The minimum Gasteiger partial charge on any atom is -0.385 e. The lowest BCUT2D eigenvalue weighted by Crippen LogP contribution is -2.53. The number of hydrogen-bond donors (Lipinski definition) is 1. The molecule has 2 atom stereocenters. The molecule has 0 saturated carbocycles. The highest BCUT2D eigenvalue weighted by Gasteiger charge is 2.33. The van der Waals surface area contributed by atoms with E-state index in [4.69, 9.17) is 14.5 Å². The summed E-state index contributed by atoms with van der Waals surface area (Å²) in [6, 6.07) is 0. The fourth-order valence-electron chi connectivity index (χ4n) is 4.64. The Bertz CT molecular complexity index is 486. The van der Waals surface area contributed by atoms with Crippen molar-refractivity contribution in [3.8, 4) is 0 Å². The van der Waals surface area contributed by atoms with E-state index in [9.17, 15) is 0 Å². The number of nitrogens with one attached hydrogen (secondary N) is 1. The molecule has 0 bridgehead atoms. The largest absolute Gasteiger partial charge is 0.385 e. The van der Waals surface area contributed by atoms with Crippen molar-refractivity contribution in [3.63, 3.8) is 0 Å². The third-order valence-electron chi connectivity index (χ3n) is 6.26. The zero-order chi connectivity index (χ0) is 21.3. The van der Waals surface area contributed by atoms with E-state index in [0.29, 0.717) is 6.10 Å². The van der Waals surface area contributed by atoms with Crippen LogP contribution in [0.5, 0.6) is 0 Å². The summed E-state index contributed by atoms with van der Waals surface area (Å²) in [6.07, 6.45) is 4.84. The Morgan fingerprint density at radius 2 is 1.73 bits per heavy atom. The topological polar surface area (TPSA) is 49.3 Å². The summed E-state index contributed by atoms with van der Waals surface area (Å²) in [5.41, 5.74) is 0.0897. The first-order valence-corrected chi connectivity index (χ1v) is 11.7. The Balaban J connectivity index is 0.00000450. The van der Waals surface area contributed by atoms with Crippen LogP contribution in [0.2, 0.25) is 0 Å². The molecule has 2 aliphatic heterocycles. The van der Waals surface area contributed by atoms with Gasteiger partial charge in [0.15, 0.2) is 5.96 Å². The number of methoxy groups -OCH3 is 1. The van der Waals surface area contributed by atoms with E-state index in [-0.39, 0.29) is 29.5 Å². The van der Waals surface area contributed by atoms with Gasteiger partial charge in [-0.3, -0.25) is 9.89 Å². The van der Waals surface area contributed by atoms with Crippen molar-refractivity contribution >= 4 is 29.9 Å². The molecule has 2 fully saturated rings. The van der Waals surface area contributed by atoms with Crippen LogP contribution in [0.4, 0.5) is 0 Å². The summed E-state index contributed by atoms with van der Waals surface area (Å²) < 4.78 is 11.1. The van der Waals surface area contributed by atoms with Gasteiger partial charge in [-0.15, -0.1) is 24.0 Å². The van der Waals surface area contributed by atoms with Gasteiger partial charge < -0.3 is 19.7 Å². The molecule has 178 valence electrons. The minimum atomic E-state index is 0. The summed E-state index contributed by atoms with van der Waals surface area (Å²) in [7, 11) is 1.74. The van der Waals surface area contributed by atoms with E-state index in [0.717, 1.165) is 76.5 Å². The molecule has 2 saturated heterocycles. The number of aliphatic imine (C=N–C) groups is 1. The van der Waals surface area contributed by atoms with Crippen molar-refractivity contribution in [3.05, 3.63) is 0 Å². The molecule has 30 heavy (non-hydrogen) atoms. The van der Waals surface area contributed by atoms with Gasteiger partial charge in [-0.05, 0) is 58.3 Å². The first-order chi connectivity index (χ1) is 13.9. The van der Waals surface area contributed by atoms with Gasteiger partial charge in [0.05, 0.1) is 12.6 Å². The van der Waals surface area contributed by atoms with Crippen molar-refractivity contribution in [2.75, 3.05) is 59.6 Å². The van der Waals surface area contributed by atoms with Crippen LogP contribution in [-0.2, 0) is 9.47 Å². The molecule has 0 amide bonds. The molecule has 0 aromatic rings. The second-order valence-electron chi connectivity index (χ2n) is 9.74. The number of hydrogen-bond acceptors (Lipinski definition) is 4. The average molecular weight is 539 g/mol. The Hall–Kier alpha value is -0.120.